The van der Waals surface area contributed by atoms with Crippen molar-refractivity contribution in [3.8, 4) is 11.5 Å². The smallest absolute Gasteiger partial charge is 0.291 e. The normalized spacial score (nSPS) is 18.5. The summed E-state index contributed by atoms with van der Waals surface area (Å²) in [6.07, 6.45) is 0.734. The van der Waals surface area contributed by atoms with Gasteiger partial charge in [0.2, 0.25) is 5.78 Å². The molecule has 1 aliphatic heterocycles. The van der Waals surface area contributed by atoms with Gasteiger partial charge in [-0.15, -0.1) is 0 Å². The summed E-state index contributed by atoms with van der Waals surface area (Å²) < 4.78 is 10.4. The zero-order chi connectivity index (χ0) is 22.5. The summed E-state index contributed by atoms with van der Waals surface area (Å²) in [4.78, 5) is 42.1. The molecule has 2 unspecified atom stereocenters. The Kier molecular flexibility index (Phi) is 7.07. The summed E-state index contributed by atoms with van der Waals surface area (Å²) >= 11 is 0. The van der Waals surface area contributed by atoms with Gasteiger partial charge in [-0.25, -0.2) is 0 Å². The van der Waals surface area contributed by atoms with Crippen LogP contribution in [0.2, 0.25) is 0 Å². The minimum atomic E-state index is -1.08. The number of methoxy groups -OCH3 is 2. The fourth-order valence-corrected chi connectivity index (χ4v) is 3.94. The number of carbonyl (C=O) groups excluding carboxylic acids is 3. The molecule has 1 aliphatic rings. The lowest BCUT2D eigenvalue weighted by molar-refractivity contribution is -0.858. The van der Waals surface area contributed by atoms with Gasteiger partial charge in [-0.2, -0.15) is 0 Å². The summed E-state index contributed by atoms with van der Waals surface area (Å²) in [5, 5.41) is 0. The van der Waals surface area contributed by atoms with Gasteiger partial charge < -0.3 is 19.3 Å². The molecule has 3 rings (SSSR count). The predicted octanol–water partition coefficient (Wildman–Crippen LogP) is 1.19. The maximum atomic E-state index is 13.4. The number of ketones is 2. The maximum absolute atomic E-state index is 13.4. The van der Waals surface area contributed by atoms with Gasteiger partial charge in [0, 0.05) is 18.5 Å². The highest BCUT2D eigenvalue weighted by Crippen LogP contribution is 2.38. The number of nitrogens with one attached hydrogen (secondary N) is 1. The van der Waals surface area contributed by atoms with Crippen molar-refractivity contribution in [2.45, 2.75) is 12.5 Å². The fraction of sp³-hybridized carbons (Fsp3) is 0.375. The molecule has 0 aliphatic carbocycles. The van der Waals surface area contributed by atoms with Crippen molar-refractivity contribution in [1.82, 2.24) is 4.90 Å². The van der Waals surface area contributed by atoms with E-state index in [-0.39, 0.29) is 5.78 Å². The molecule has 0 radical (unpaired) electrons. The number of ether oxygens (including phenoxy) is 2. The highest BCUT2D eigenvalue weighted by molar-refractivity contribution is 6.44. The summed E-state index contributed by atoms with van der Waals surface area (Å²) in [7, 11) is 7.19. The third-order valence-electron chi connectivity index (χ3n) is 5.60. The lowest BCUT2D eigenvalue weighted by Crippen LogP contribution is -3.05. The van der Waals surface area contributed by atoms with Crippen molar-refractivity contribution in [3.05, 3.63) is 59.7 Å². The Morgan fingerprint density at radius 3 is 2.00 bits per heavy atom. The quantitative estimate of drug-likeness (QED) is 0.371. The molecule has 0 bridgehead atoms. The molecule has 0 aromatic heterocycles. The molecule has 0 spiro atoms. The Morgan fingerprint density at radius 2 is 1.48 bits per heavy atom. The standard InChI is InChI=1S/C24H28N2O5/c1-25(2)14-5-15-26-21(16-6-10-18(30-3)11-7-16)20(23(28)24(26)29)22(27)17-8-12-19(31-4)13-9-17/h6-13,20-21H,5,14-15H2,1-4H3/p+1. The van der Waals surface area contributed by atoms with Crippen LogP contribution in [0.15, 0.2) is 48.5 Å². The van der Waals surface area contributed by atoms with E-state index < -0.39 is 23.7 Å². The number of quaternary nitrogens is 1. The monoisotopic (exact) mass is 425 g/mol. The summed E-state index contributed by atoms with van der Waals surface area (Å²) in [6, 6.07) is 13.1. The van der Waals surface area contributed by atoms with Crippen molar-refractivity contribution in [3.63, 3.8) is 0 Å². The summed E-state index contributed by atoms with van der Waals surface area (Å²) in [5.74, 6) is -1.41. The van der Waals surface area contributed by atoms with Crippen molar-refractivity contribution in [2.24, 2.45) is 5.92 Å². The van der Waals surface area contributed by atoms with Gasteiger partial charge in [-0.05, 0) is 42.0 Å². The minimum absolute atomic E-state index is 0.359. The van der Waals surface area contributed by atoms with Crippen LogP contribution in [0.5, 0.6) is 11.5 Å². The van der Waals surface area contributed by atoms with Gasteiger partial charge >= 0.3 is 0 Å². The minimum Gasteiger partial charge on any atom is -0.497 e. The number of benzene rings is 2. The lowest BCUT2D eigenvalue weighted by atomic mass is 9.86. The number of Topliss-reactive ketones (excluding diaryl/α,β-unsaturated/α-hetero) is 2. The van der Waals surface area contributed by atoms with E-state index >= 15 is 0 Å². The number of amides is 1. The van der Waals surface area contributed by atoms with E-state index in [0.717, 1.165) is 18.5 Å². The molecule has 2 aromatic rings. The molecule has 1 heterocycles. The Labute approximate surface area is 182 Å². The van der Waals surface area contributed by atoms with Gasteiger partial charge in [-0.3, -0.25) is 14.4 Å². The maximum Gasteiger partial charge on any atom is 0.291 e. The number of hydrogen-bond donors (Lipinski definition) is 1. The number of nitrogens with zero attached hydrogens (tertiary/aromatic N) is 1. The molecule has 1 fully saturated rings. The molecule has 164 valence electrons. The predicted molar refractivity (Wildman–Crippen MR) is 116 cm³/mol. The fourth-order valence-electron chi connectivity index (χ4n) is 3.94. The van der Waals surface area contributed by atoms with E-state index in [0.29, 0.717) is 23.6 Å². The van der Waals surface area contributed by atoms with Crippen LogP contribution in [0.3, 0.4) is 0 Å². The third-order valence-corrected chi connectivity index (χ3v) is 5.60. The molecule has 2 aromatic carbocycles. The number of hydrogen-bond acceptors (Lipinski definition) is 5. The first kappa shape index (κ1) is 22.5. The molecule has 0 saturated carbocycles. The lowest BCUT2D eigenvalue weighted by Gasteiger charge is -2.27. The van der Waals surface area contributed by atoms with Gasteiger partial charge in [0.15, 0.2) is 5.78 Å². The van der Waals surface area contributed by atoms with E-state index in [1.165, 1.54) is 4.90 Å². The second-order valence-electron chi connectivity index (χ2n) is 7.96. The molecule has 31 heavy (non-hydrogen) atoms. The second-order valence-corrected chi connectivity index (χ2v) is 7.96. The van der Waals surface area contributed by atoms with Crippen molar-refractivity contribution in [2.75, 3.05) is 41.4 Å². The SMILES string of the molecule is COc1ccc(C(=O)C2C(=O)C(=O)N(CCC[NH+](C)C)C2c2ccc(OC)cc2)cc1. The highest BCUT2D eigenvalue weighted by Gasteiger charge is 2.51. The van der Waals surface area contributed by atoms with E-state index in [1.807, 2.05) is 26.2 Å². The van der Waals surface area contributed by atoms with Crippen molar-refractivity contribution < 1.29 is 28.8 Å². The van der Waals surface area contributed by atoms with Crippen molar-refractivity contribution >= 4 is 17.5 Å². The summed E-state index contributed by atoms with van der Waals surface area (Å²) in [5.41, 5.74) is 1.12. The van der Waals surface area contributed by atoms with Crippen molar-refractivity contribution in [1.29, 1.82) is 0 Å². The topological polar surface area (TPSA) is 77.4 Å². The molecule has 1 saturated heterocycles. The third kappa shape index (κ3) is 4.77. The Morgan fingerprint density at radius 1 is 0.935 bits per heavy atom. The van der Waals surface area contributed by atoms with Crippen LogP contribution in [0, 0.1) is 5.92 Å². The first-order chi connectivity index (χ1) is 14.9. The number of rotatable bonds is 9. The average molecular weight is 426 g/mol. The Bertz CT molecular complexity index is 937. The van der Waals surface area contributed by atoms with Gasteiger partial charge in [-0.1, -0.05) is 12.1 Å². The van der Waals surface area contributed by atoms with Gasteiger partial charge in [0.25, 0.3) is 5.91 Å². The second kappa shape index (κ2) is 9.75. The summed E-state index contributed by atoms with van der Waals surface area (Å²) in [6.45, 7) is 1.27. The van der Waals surface area contributed by atoms with Crippen LogP contribution in [-0.2, 0) is 9.59 Å². The van der Waals surface area contributed by atoms with E-state index in [2.05, 4.69) is 0 Å². The number of likely N-dealkylation sites (tertiary alicyclic amines) is 1. The molecular formula is C24H29N2O5+. The first-order valence-corrected chi connectivity index (χ1v) is 10.3. The van der Waals surface area contributed by atoms with Crippen LogP contribution in [-0.4, -0.2) is 63.8 Å². The molecule has 1 amide bonds. The average Bonchev–Trinajstić information content (AvgIpc) is 3.03. The van der Waals surface area contributed by atoms with Gasteiger partial charge in [0.05, 0.1) is 40.9 Å². The van der Waals surface area contributed by atoms with Crippen LogP contribution in [0.1, 0.15) is 28.4 Å². The zero-order valence-corrected chi connectivity index (χ0v) is 18.4. The van der Waals surface area contributed by atoms with E-state index in [9.17, 15) is 14.4 Å². The molecule has 1 N–H and O–H groups in total. The first-order valence-electron chi connectivity index (χ1n) is 10.3. The number of carbonyl (C=O) groups is 3. The molecule has 7 nitrogen and oxygen atoms in total. The van der Waals surface area contributed by atoms with E-state index in [1.54, 1.807) is 55.5 Å². The van der Waals surface area contributed by atoms with Crippen LogP contribution >= 0.6 is 0 Å². The van der Waals surface area contributed by atoms with Gasteiger partial charge in [0.1, 0.15) is 17.4 Å². The Hall–Kier alpha value is -3.19. The molecular weight excluding hydrogens is 396 g/mol. The highest BCUT2D eigenvalue weighted by atomic mass is 16.5. The van der Waals surface area contributed by atoms with Crippen LogP contribution in [0.4, 0.5) is 0 Å². The zero-order valence-electron chi connectivity index (χ0n) is 18.4. The largest absolute Gasteiger partial charge is 0.497 e. The van der Waals surface area contributed by atoms with Crippen LogP contribution in [0.25, 0.3) is 0 Å². The Balaban J connectivity index is 1.97. The molecule has 7 heteroatoms. The molecule has 2 atom stereocenters. The van der Waals surface area contributed by atoms with Crippen LogP contribution < -0.4 is 14.4 Å². The van der Waals surface area contributed by atoms with E-state index in [4.69, 9.17) is 9.47 Å².